The van der Waals surface area contributed by atoms with E-state index < -0.39 is 12.1 Å². The highest BCUT2D eigenvalue weighted by atomic mass is 35.5. The Labute approximate surface area is 135 Å². The smallest absolute Gasteiger partial charge is 0.340 e. The normalized spacial score (nSPS) is 22.7. The van der Waals surface area contributed by atoms with E-state index >= 15 is 0 Å². The standard InChI is InChI=1S/C16H21ClN2O3/c1-10-5-3-4-6-13(10)19-15(20)11(2)22-16(21)12-7-8-14(17)18-9-12/h7-11,13H,3-6H2,1-2H3,(H,19,20)/t10-,11-,13-/m1/s1. The highest BCUT2D eigenvalue weighted by Crippen LogP contribution is 2.23. The van der Waals surface area contributed by atoms with Gasteiger partial charge in [0.15, 0.2) is 6.10 Å². The van der Waals surface area contributed by atoms with Crippen molar-refractivity contribution in [2.75, 3.05) is 0 Å². The molecule has 5 nitrogen and oxygen atoms in total. The average molecular weight is 325 g/mol. The van der Waals surface area contributed by atoms with Gasteiger partial charge in [0.2, 0.25) is 0 Å². The summed E-state index contributed by atoms with van der Waals surface area (Å²) in [6.45, 7) is 3.71. The molecule has 0 bridgehead atoms. The van der Waals surface area contributed by atoms with Gasteiger partial charge in [0.25, 0.3) is 5.91 Å². The van der Waals surface area contributed by atoms with E-state index in [9.17, 15) is 9.59 Å². The summed E-state index contributed by atoms with van der Waals surface area (Å²) in [4.78, 5) is 27.9. The van der Waals surface area contributed by atoms with Crippen LogP contribution in [0.15, 0.2) is 18.3 Å². The zero-order valence-corrected chi connectivity index (χ0v) is 13.6. The number of hydrogen-bond acceptors (Lipinski definition) is 4. The van der Waals surface area contributed by atoms with Gasteiger partial charge < -0.3 is 10.1 Å². The van der Waals surface area contributed by atoms with E-state index in [0.717, 1.165) is 19.3 Å². The van der Waals surface area contributed by atoms with Crippen LogP contribution in [0, 0.1) is 5.92 Å². The number of hydrogen-bond donors (Lipinski definition) is 1. The summed E-state index contributed by atoms with van der Waals surface area (Å²) in [5.74, 6) is -0.376. The highest BCUT2D eigenvalue weighted by Gasteiger charge is 2.26. The number of amides is 1. The molecule has 1 aliphatic carbocycles. The molecule has 1 saturated carbocycles. The lowest BCUT2D eigenvalue weighted by atomic mass is 9.86. The predicted molar refractivity (Wildman–Crippen MR) is 83.7 cm³/mol. The van der Waals surface area contributed by atoms with E-state index in [1.807, 2.05) is 0 Å². The number of halogens is 1. The van der Waals surface area contributed by atoms with Crippen LogP contribution in [-0.2, 0) is 9.53 Å². The summed E-state index contributed by atoms with van der Waals surface area (Å²) in [5.41, 5.74) is 0.273. The minimum Gasteiger partial charge on any atom is -0.449 e. The largest absolute Gasteiger partial charge is 0.449 e. The molecule has 1 aromatic rings. The number of carbonyl (C=O) groups is 2. The number of ether oxygens (including phenoxy) is 1. The van der Waals surface area contributed by atoms with Crippen molar-refractivity contribution in [3.63, 3.8) is 0 Å². The van der Waals surface area contributed by atoms with Gasteiger partial charge in [-0.25, -0.2) is 9.78 Å². The van der Waals surface area contributed by atoms with Crippen molar-refractivity contribution in [2.24, 2.45) is 5.92 Å². The molecule has 0 radical (unpaired) electrons. The number of pyridine rings is 1. The monoisotopic (exact) mass is 324 g/mol. The van der Waals surface area contributed by atoms with E-state index in [4.69, 9.17) is 16.3 Å². The number of nitrogens with zero attached hydrogens (tertiary/aromatic N) is 1. The molecule has 0 aromatic carbocycles. The second kappa shape index (κ2) is 7.58. The van der Waals surface area contributed by atoms with Crippen molar-refractivity contribution in [1.29, 1.82) is 0 Å². The Bertz CT molecular complexity index is 533. The first kappa shape index (κ1) is 16.7. The first-order valence-electron chi connectivity index (χ1n) is 7.60. The number of carbonyl (C=O) groups excluding carboxylic acids is 2. The van der Waals surface area contributed by atoms with E-state index in [1.165, 1.54) is 24.8 Å². The van der Waals surface area contributed by atoms with Crippen molar-refractivity contribution in [3.05, 3.63) is 29.0 Å². The van der Waals surface area contributed by atoms with Crippen molar-refractivity contribution < 1.29 is 14.3 Å². The minimum absolute atomic E-state index is 0.166. The maximum absolute atomic E-state index is 12.2. The molecule has 1 fully saturated rings. The quantitative estimate of drug-likeness (QED) is 0.683. The Morgan fingerprint density at radius 1 is 1.36 bits per heavy atom. The number of rotatable bonds is 4. The lowest BCUT2D eigenvalue weighted by molar-refractivity contribution is -0.130. The summed E-state index contributed by atoms with van der Waals surface area (Å²) in [7, 11) is 0. The second-order valence-electron chi connectivity index (χ2n) is 5.79. The maximum Gasteiger partial charge on any atom is 0.340 e. The van der Waals surface area contributed by atoms with Crippen LogP contribution in [-0.4, -0.2) is 29.0 Å². The predicted octanol–water partition coefficient (Wildman–Crippen LogP) is 2.98. The van der Waals surface area contributed by atoms with Gasteiger partial charge in [0.05, 0.1) is 5.56 Å². The summed E-state index contributed by atoms with van der Waals surface area (Å²) in [6.07, 6.45) is 4.93. The van der Waals surface area contributed by atoms with Crippen LogP contribution in [0.3, 0.4) is 0 Å². The SMILES string of the molecule is C[C@@H]1CCCC[C@H]1NC(=O)[C@@H](C)OC(=O)c1ccc(Cl)nc1. The molecule has 120 valence electrons. The van der Waals surface area contributed by atoms with E-state index in [0.29, 0.717) is 11.1 Å². The number of esters is 1. The molecule has 1 amide bonds. The van der Waals surface area contributed by atoms with Gasteiger partial charge in [-0.1, -0.05) is 31.4 Å². The number of nitrogens with one attached hydrogen (secondary N) is 1. The Hall–Kier alpha value is -1.62. The molecule has 0 spiro atoms. The summed E-state index contributed by atoms with van der Waals surface area (Å²) in [6, 6.07) is 3.19. The molecular weight excluding hydrogens is 304 g/mol. The fraction of sp³-hybridized carbons (Fsp3) is 0.562. The van der Waals surface area contributed by atoms with Crippen molar-refractivity contribution in [2.45, 2.75) is 51.7 Å². The molecule has 0 saturated heterocycles. The molecule has 6 heteroatoms. The van der Waals surface area contributed by atoms with Gasteiger partial charge in [-0.15, -0.1) is 0 Å². The van der Waals surface area contributed by atoms with Crippen LogP contribution in [0.1, 0.15) is 49.9 Å². The van der Waals surface area contributed by atoms with Gasteiger partial charge in [-0.3, -0.25) is 4.79 Å². The molecule has 3 atom stereocenters. The molecule has 0 unspecified atom stereocenters. The van der Waals surface area contributed by atoms with Crippen molar-refractivity contribution in [3.8, 4) is 0 Å². The number of aromatic nitrogens is 1. The van der Waals surface area contributed by atoms with Crippen LogP contribution < -0.4 is 5.32 Å². The molecule has 2 rings (SSSR count). The van der Waals surface area contributed by atoms with Gasteiger partial charge in [0.1, 0.15) is 5.15 Å². The van der Waals surface area contributed by atoms with Crippen molar-refractivity contribution in [1.82, 2.24) is 10.3 Å². The summed E-state index contributed by atoms with van der Waals surface area (Å²) < 4.78 is 5.18. The minimum atomic E-state index is -0.836. The first-order valence-corrected chi connectivity index (χ1v) is 7.98. The molecule has 1 N–H and O–H groups in total. The molecule has 0 aliphatic heterocycles. The van der Waals surface area contributed by atoms with Crippen LogP contribution in [0.25, 0.3) is 0 Å². The van der Waals surface area contributed by atoms with E-state index in [-0.39, 0.29) is 17.5 Å². The maximum atomic E-state index is 12.2. The van der Waals surface area contributed by atoms with Crippen LogP contribution in [0.4, 0.5) is 0 Å². The lowest BCUT2D eigenvalue weighted by Crippen LogP contribution is -2.45. The Morgan fingerprint density at radius 2 is 2.09 bits per heavy atom. The van der Waals surface area contributed by atoms with Crippen LogP contribution in [0.2, 0.25) is 5.15 Å². The molecule has 22 heavy (non-hydrogen) atoms. The average Bonchev–Trinajstić information content (AvgIpc) is 2.50. The first-order chi connectivity index (χ1) is 10.5. The Kier molecular flexibility index (Phi) is 5.77. The third-order valence-corrected chi connectivity index (χ3v) is 4.28. The van der Waals surface area contributed by atoms with Crippen molar-refractivity contribution >= 4 is 23.5 Å². The van der Waals surface area contributed by atoms with Gasteiger partial charge in [0, 0.05) is 12.2 Å². The fourth-order valence-electron chi connectivity index (χ4n) is 2.61. The van der Waals surface area contributed by atoms with E-state index in [1.54, 1.807) is 6.92 Å². The molecule has 1 aromatic heterocycles. The Morgan fingerprint density at radius 3 is 2.73 bits per heavy atom. The molecule has 1 heterocycles. The highest BCUT2D eigenvalue weighted by molar-refractivity contribution is 6.29. The second-order valence-corrected chi connectivity index (χ2v) is 6.18. The topological polar surface area (TPSA) is 68.3 Å². The van der Waals surface area contributed by atoms with Crippen LogP contribution in [0.5, 0.6) is 0 Å². The summed E-state index contributed by atoms with van der Waals surface area (Å²) >= 11 is 5.67. The zero-order valence-electron chi connectivity index (χ0n) is 12.8. The molecule has 1 aliphatic rings. The van der Waals surface area contributed by atoms with Gasteiger partial charge in [-0.2, -0.15) is 0 Å². The Balaban J connectivity index is 1.87. The zero-order chi connectivity index (χ0) is 16.1. The third-order valence-electron chi connectivity index (χ3n) is 4.06. The van der Waals surface area contributed by atoms with Gasteiger partial charge >= 0.3 is 5.97 Å². The lowest BCUT2D eigenvalue weighted by Gasteiger charge is -2.30. The van der Waals surface area contributed by atoms with E-state index in [2.05, 4.69) is 17.2 Å². The third kappa shape index (κ3) is 4.44. The molecular formula is C16H21ClN2O3. The van der Waals surface area contributed by atoms with Crippen LogP contribution >= 0.6 is 11.6 Å². The fourth-order valence-corrected chi connectivity index (χ4v) is 2.72. The van der Waals surface area contributed by atoms with Gasteiger partial charge in [-0.05, 0) is 37.8 Å². The summed E-state index contributed by atoms with van der Waals surface area (Å²) in [5, 5.41) is 3.28.